The molecule has 2 aromatic carbocycles. The fourth-order valence-corrected chi connectivity index (χ4v) is 2.55. The van der Waals surface area contributed by atoms with E-state index in [0.717, 1.165) is 30.5 Å². The molecule has 2 aromatic rings. The zero-order valence-corrected chi connectivity index (χ0v) is 16.7. The fraction of sp³-hybridized carbons (Fsp3) is 0.318. The molecular formula is C22H28N4O2. The van der Waals surface area contributed by atoms with Gasteiger partial charge < -0.3 is 10.2 Å². The number of nitrogens with zero attached hydrogens (tertiary/aromatic N) is 2. The van der Waals surface area contributed by atoms with Gasteiger partial charge in [0.05, 0.1) is 6.21 Å². The second-order valence-electron chi connectivity index (χ2n) is 6.77. The Hall–Kier alpha value is -3.15. The molecule has 28 heavy (non-hydrogen) atoms. The van der Waals surface area contributed by atoms with Crippen LogP contribution < -0.4 is 15.6 Å². The van der Waals surface area contributed by atoms with Crippen LogP contribution in [0.25, 0.3) is 0 Å². The van der Waals surface area contributed by atoms with Crippen molar-refractivity contribution in [1.82, 2.24) is 5.43 Å². The van der Waals surface area contributed by atoms with Gasteiger partial charge in [0.25, 0.3) is 5.91 Å². The third kappa shape index (κ3) is 6.87. The van der Waals surface area contributed by atoms with E-state index in [0.29, 0.717) is 17.7 Å². The van der Waals surface area contributed by atoms with E-state index >= 15 is 0 Å². The number of carbonyl (C=O) groups is 2. The molecule has 0 atom stereocenters. The Bertz CT molecular complexity index is 796. The van der Waals surface area contributed by atoms with Crippen LogP contribution in [-0.4, -0.2) is 32.1 Å². The van der Waals surface area contributed by atoms with Crippen molar-refractivity contribution in [3.05, 3.63) is 59.7 Å². The van der Waals surface area contributed by atoms with Crippen LogP contribution in [0.15, 0.2) is 53.6 Å². The molecule has 0 aromatic heterocycles. The van der Waals surface area contributed by atoms with Gasteiger partial charge in [0.2, 0.25) is 5.91 Å². The monoisotopic (exact) mass is 380 g/mol. The first-order valence-electron chi connectivity index (χ1n) is 9.50. The third-order valence-corrected chi connectivity index (χ3v) is 4.23. The van der Waals surface area contributed by atoms with Gasteiger partial charge in [-0.05, 0) is 48.4 Å². The molecule has 2 amide bonds. The van der Waals surface area contributed by atoms with Gasteiger partial charge in [-0.15, -0.1) is 0 Å². The Kier molecular flexibility index (Phi) is 8.21. The van der Waals surface area contributed by atoms with Crippen LogP contribution in [0.1, 0.15) is 48.5 Å². The van der Waals surface area contributed by atoms with Gasteiger partial charge in [-0.25, -0.2) is 5.43 Å². The zero-order valence-electron chi connectivity index (χ0n) is 16.7. The van der Waals surface area contributed by atoms with E-state index in [2.05, 4.69) is 22.8 Å². The molecule has 0 aliphatic rings. The number of rotatable bonds is 9. The topological polar surface area (TPSA) is 73.8 Å². The largest absolute Gasteiger partial charge is 0.378 e. The van der Waals surface area contributed by atoms with Crippen LogP contribution in [0, 0.1) is 0 Å². The number of anilines is 2. The van der Waals surface area contributed by atoms with Crippen LogP contribution >= 0.6 is 0 Å². The average molecular weight is 380 g/mol. The number of benzene rings is 2. The summed E-state index contributed by atoms with van der Waals surface area (Å²) in [5.74, 6) is -0.308. The van der Waals surface area contributed by atoms with E-state index in [4.69, 9.17) is 0 Å². The van der Waals surface area contributed by atoms with E-state index < -0.39 is 0 Å². The lowest BCUT2D eigenvalue weighted by molar-refractivity contribution is -0.116. The van der Waals surface area contributed by atoms with Crippen molar-refractivity contribution < 1.29 is 9.59 Å². The summed E-state index contributed by atoms with van der Waals surface area (Å²) in [5.41, 5.74) is 5.66. The number of carbonyl (C=O) groups excluding carboxylic acids is 2. The quantitative estimate of drug-likeness (QED) is 0.392. The Morgan fingerprint density at radius 1 is 1.00 bits per heavy atom. The average Bonchev–Trinajstić information content (AvgIpc) is 2.69. The molecule has 0 radical (unpaired) electrons. The number of hydrogen-bond donors (Lipinski definition) is 2. The SMILES string of the molecule is CCCCCC(=O)Nc1ccc(C(=O)NN=Cc2ccc(N(C)C)cc2)cc1. The first-order chi connectivity index (χ1) is 13.5. The van der Waals surface area contributed by atoms with Gasteiger partial charge >= 0.3 is 0 Å². The molecule has 0 fully saturated rings. The summed E-state index contributed by atoms with van der Waals surface area (Å²) >= 11 is 0. The van der Waals surface area contributed by atoms with Gasteiger partial charge in [-0.2, -0.15) is 5.10 Å². The minimum absolute atomic E-state index is 0.00413. The van der Waals surface area contributed by atoms with Crippen molar-refractivity contribution in [2.75, 3.05) is 24.3 Å². The van der Waals surface area contributed by atoms with Crippen LogP contribution in [0.5, 0.6) is 0 Å². The lowest BCUT2D eigenvalue weighted by Crippen LogP contribution is -2.17. The molecule has 2 N–H and O–H groups in total. The van der Waals surface area contributed by atoms with Crippen LogP contribution in [0.4, 0.5) is 11.4 Å². The minimum atomic E-state index is -0.304. The van der Waals surface area contributed by atoms with Gasteiger partial charge in [-0.3, -0.25) is 9.59 Å². The molecular weight excluding hydrogens is 352 g/mol. The van der Waals surface area contributed by atoms with Gasteiger partial charge in [-0.1, -0.05) is 31.9 Å². The van der Waals surface area contributed by atoms with Crippen molar-refractivity contribution in [3.63, 3.8) is 0 Å². The molecule has 0 saturated carbocycles. The lowest BCUT2D eigenvalue weighted by atomic mass is 10.1. The summed E-state index contributed by atoms with van der Waals surface area (Å²) in [6, 6.07) is 14.6. The Morgan fingerprint density at radius 3 is 2.29 bits per heavy atom. The molecule has 0 unspecified atom stereocenters. The van der Waals surface area contributed by atoms with Gasteiger partial charge in [0.15, 0.2) is 0 Å². The molecule has 0 aliphatic carbocycles. The molecule has 0 saturated heterocycles. The summed E-state index contributed by atoms with van der Waals surface area (Å²) in [7, 11) is 3.96. The van der Waals surface area contributed by atoms with E-state index in [-0.39, 0.29) is 11.8 Å². The first kappa shape index (κ1) is 21.2. The molecule has 0 spiro atoms. The number of nitrogens with one attached hydrogen (secondary N) is 2. The summed E-state index contributed by atoms with van der Waals surface area (Å²) in [5, 5.41) is 6.84. The summed E-state index contributed by atoms with van der Waals surface area (Å²) < 4.78 is 0. The highest BCUT2D eigenvalue weighted by molar-refractivity contribution is 5.96. The second kappa shape index (κ2) is 10.9. The smallest absolute Gasteiger partial charge is 0.271 e. The fourth-order valence-electron chi connectivity index (χ4n) is 2.55. The Balaban J connectivity index is 1.84. The predicted molar refractivity (Wildman–Crippen MR) is 115 cm³/mol. The highest BCUT2D eigenvalue weighted by Crippen LogP contribution is 2.12. The van der Waals surface area contributed by atoms with E-state index in [9.17, 15) is 9.59 Å². The number of hydrogen-bond acceptors (Lipinski definition) is 4. The molecule has 148 valence electrons. The maximum Gasteiger partial charge on any atom is 0.271 e. The van der Waals surface area contributed by atoms with Gasteiger partial charge in [0.1, 0.15) is 0 Å². The van der Waals surface area contributed by atoms with E-state index in [1.54, 1.807) is 30.5 Å². The van der Waals surface area contributed by atoms with Crippen LogP contribution in [0.2, 0.25) is 0 Å². The molecule has 0 heterocycles. The molecule has 6 heteroatoms. The van der Waals surface area contributed by atoms with E-state index in [1.807, 2.05) is 43.3 Å². The summed E-state index contributed by atoms with van der Waals surface area (Å²) in [6.07, 6.45) is 5.13. The molecule has 6 nitrogen and oxygen atoms in total. The molecule has 0 bridgehead atoms. The standard InChI is InChI=1S/C22H28N4O2/c1-4-5-6-7-21(27)24-19-12-10-18(11-13-19)22(28)25-23-16-17-8-14-20(15-9-17)26(2)3/h8-16H,4-7H2,1-3H3,(H,24,27)(H,25,28). The van der Waals surface area contributed by atoms with Crippen LogP contribution in [-0.2, 0) is 4.79 Å². The highest BCUT2D eigenvalue weighted by atomic mass is 16.2. The number of hydrazone groups is 1. The maximum absolute atomic E-state index is 12.2. The minimum Gasteiger partial charge on any atom is -0.378 e. The summed E-state index contributed by atoms with van der Waals surface area (Å²) in [6.45, 7) is 2.10. The highest BCUT2D eigenvalue weighted by Gasteiger charge is 2.06. The van der Waals surface area contributed by atoms with Crippen LogP contribution in [0.3, 0.4) is 0 Å². The lowest BCUT2D eigenvalue weighted by Gasteiger charge is -2.11. The Labute approximate surface area is 166 Å². The normalized spacial score (nSPS) is 10.7. The van der Waals surface area contributed by atoms with Crippen molar-refractivity contribution in [1.29, 1.82) is 0 Å². The van der Waals surface area contributed by atoms with Crippen molar-refractivity contribution in [2.45, 2.75) is 32.6 Å². The zero-order chi connectivity index (χ0) is 20.4. The molecule has 2 rings (SSSR count). The Morgan fingerprint density at radius 2 is 1.68 bits per heavy atom. The number of unbranched alkanes of at least 4 members (excludes halogenated alkanes) is 2. The third-order valence-electron chi connectivity index (χ3n) is 4.23. The first-order valence-corrected chi connectivity index (χ1v) is 9.50. The second-order valence-corrected chi connectivity index (χ2v) is 6.77. The van der Waals surface area contributed by atoms with E-state index in [1.165, 1.54) is 0 Å². The van der Waals surface area contributed by atoms with Crippen molar-refractivity contribution >= 4 is 29.4 Å². The number of amides is 2. The maximum atomic E-state index is 12.2. The van der Waals surface area contributed by atoms with Gasteiger partial charge in [0, 0.05) is 37.5 Å². The summed E-state index contributed by atoms with van der Waals surface area (Å²) in [4.78, 5) is 26.0. The van der Waals surface area contributed by atoms with Crippen molar-refractivity contribution in [3.8, 4) is 0 Å². The molecule has 0 aliphatic heterocycles. The predicted octanol–water partition coefficient (Wildman–Crippen LogP) is 4.04. The van der Waals surface area contributed by atoms with Crippen molar-refractivity contribution in [2.24, 2.45) is 5.10 Å².